The second-order valence-electron chi connectivity index (χ2n) is 1.93. The molecule has 0 saturated carbocycles. The summed E-state index contributed by atoms with van der Waals surface area (Å²) in [5.74, 6) is 0.201. The molecule has 0 unspecified atom stereocenters. The molecule has 1 rings (SSSR count). The molecule has 0 aliphatic rings. The van der Waals surface area contributed by atoms with Gasteiger partial charge in [0.2, 0.25) is 5.43 Å². The number of hydrogen-bond acceptors (Lipinski definition) is 4. The number of nitrogens with zero attached hydrogens (tertiary/aromatic N) is 2. The third-order valence-electron chi connectivity index (χ3n) is 1.24. The van der Waals surface area contributed by atoms with Crippen molar-refractivity contribution in [2.24, 2.45) is 7.05 Å². The summed E-state index contributed by atoms with van der Waals surface area (Å²) in [6, 6.07) is 0. The number of anilines is 2. The molecule has 1 heterocycles. The summed E-state index contributed by atoms with van der Waals surface area (Å²) in [7, 11) is 1.62. The maximum atomic E-state index is 10.7. The molecule has 1 aromatic heterocycles. The molecule has 0 radical (unpaired) electrons. The Hall–Kier alpha value is -1.52. The van der Waals surface area contributed by atoms with Gasteiger partial charge in [0.05, 0.1) is 6.20 Å². The maximum Gasteiger partial charge on any atom is 0.225 e. The lowest BCUT2D eigenvalue weighted by Gasteiger charge is -2.02. The first-order chi connectivity index (χ1) is 4.63. The molecule has 5 heteroatoms. The van der Waals surface area contributed by atoms with Crippen molar-refractivity contribution in [1.29, 1.82) is 0 Å². The van der Waals surface area contributed by atoms with E-state index in [4.69, 9.17) is 11.5 Å². The summed E-state index contributed by atoms with van der Waals surface area (Å²) >= 11 is 0. The molecule has 0 saturated heterocycles. The van der Waals surface area contributed by atoms with Crippen LogP contribution in [0.1, 0.15) is 0 Å². The van der Waals surface area contributed by atoms with Crippen LogP contribution >= 0.6 is 0 Å². The molecule has 0 atom stereocenters. The zero-order valence-corrected chi connectivity index (χ0v) is 5.53. The Morgan fingerprint density at radius 2 is 2.20 bits per heavy atom. The topological polar surface area (TPSA) is 86.9 Å². The highest BCUT2D eigenvalue weighted by Crippen LogP contribution is 2.02. The van der Waals surface area contributed by atoms with Crippen molar-refractivity contribution in [1.82, 2.24) is 9.78 Å². The van der Waals surface area contributed by atoms with Gasteiger partial charge in [0.25, 0.3) is 0 Å². The van der Waals surface area contributed by atoms with Crippen LogP contribution in [0.4, 0.5) is 11.5 Å². The van der Waals surface area contributed by atoms with Crippen LogP contribution in [0.5, 0.6) is 0 Å². The fraction of sp³-hybridized carbons (Fsp3) is 0.200. The first-order valence-corrected chi connectivity index (χ1v) is 2.70. The van der Waals surface area contributed by atoms with Gasteiger partial charge in [-0.15, -0.1) is 0 Å². The molecule has 10 heavy (non-hydrogen) atoms. The highest BCUT2D eigenvalue weighted by Gasteiger charge is 2.00. The van der Waals surface area contributed by atoms with Crippen LogP contribution in [-0.4, -0.2) is 9.78 Å². The summed E-state index contributed by atoms with van der Waals surface area (Å²) in [6.45, 7) is 0. The van der Waals surface area contributed by atoms with Crippen molar-refractivity contribution >= 4 is 11.5 Å². The van der Waals surface area contributed by atoms with Gasteiger partial charge in [0.15, 0.2) is 0 Å². The molecular weight excluding hydrogens is 132 g/mol. The van der Waals surface area contributed by atoms with E-state index < -0.39 is 0 Å². The van der Waals surface area contributed by atoms with E-state index in [1.807, 2.05) is 0 Å². The van der Waals surface area contributed by atoms with E-state index in [2.05, 4.69) is 5.10 Å². The SMILES string of the molecule is Cn1ncc(=O)c(N)c1N. The molecule has 0 aliphatic carbocycles. The van der Waals surface area contributed by atoms with E-state index in [9.17, 15) is 4.79 Å². The molecule has 0 fully saturated rings. The molecular formula is C5H8N4O. The minimum atomic E-state index is -0.337. The van der Waals surface area contributed by atoms with Gasteiger partial charge in [-0.1, -0.05) is 0 Å². The Balaban J connectivity index is 3.49. The van der Waals surface area contributed by atoms with Crippen LogP contribution in [-0.2, 0) is 7.05 Å². The Kier molecular flexibility index (Phi) is 1.33. The lowest BCUT2D eigenvalue weighted by molar-refractivity contribution is 0.750. The predicted molar refractivity (Wildman–Crippen MR) is 38.3 cm³/mol. The first kappa shape index (κ1) is 6.60. The molecule has 0 bridgehead atoms. The Morgan fingerprint density at radius 3 is 2.70 bits per heavy atom. The van der Waals surface area contributed by atoms with Crippen LogP contribution < -0.4 is 16.9 Å². The van der Waals surface area contributed by atoms with Crippen molar-refractivity contribution in [2.75, 3.05) is 11.5 Å². The summed E-state index contributed by atoms with van der Waals surface area (Å²) in [4.78, 5) is 10.7. The van der Waals surface area contributed by atoms with Crippen LogP contribution in [0.15, 0.2) is 11.0 Å². The maximum absolute atomic E-state index is 10.7. The van der Waals surface area contributed by atoms with Gasteiger partial charge >= 0.3 is 0 Å². The Morgan fingerprint density at radius 1 is 1.60 bits per heavy atom. The van der Waals surface area contributed by atoms with Gasteiger partial charge in [0, 0.05) is 7.05 Å². The van der Waals surface area contributed by atoms with Gasteiger partial charge in [-0.05, 0) is 0 Å². The number of aryl methyl sites for hydroxylation is 1. The number of rotatable bonds is 0. The summed E-state index contributed by atoms with van der Waals surface area (Å²) < 4.78 is 1.34. The molecule has 0 aromatic carbocycles. The van der Waals surface area contributed by atoms with Crippen molar-refractivity contribution < 1.29 is 0 Å². The van der Waals surface area contributed by atoms with Crippen molar-refractivity contribution in [2.45, 2.75) is 0 Å². The Bertz CT molecular complexity index is 303. The first-order valence-electron chi connectivity index (χ1n) is 2.70. The van der Waals surface area contributed by atoms with E-state index in [1.54, 1.807) is 7.05 Å². The van der Waals surface area contributed by atoms with Crippen molar-refractivity contribution in [3.05, 3.63) is 16.4 Å². The monoisotopic (exact) mass is 140 g/mol. The molecule has 0 amide bonds. The zero-order chi connectivity index (χ0) is 7.72. The van der Waals surface area contributed by atoms with Crippen LogP contribution in [0.2, 0.25) is 0 Å². The standard InChI is InChI=1S/C5H8N4O/c1-9-5(7)4(6)3(10)2-8-9/h2H,6-7H2,1H3. The summed E-state index contributed by atoms with van der Waals surface area (Å²) in [5, 5.41) is 3.64. The number of nitrogens with two attached hydrogens (primary N) is 2. The third kappa shape index (κ3) is 0.812. The predicted octanol–water partition coefficient (Wildman–Crippen LogP) is -1.06. The molecule has 0 spiro atoms. The second-order valence-corrected chi connectivity index (χ2v) is 1.93. The number of nitrogen functional groups attached to an aromatic ring is 2. The average Bonchev–Trinajstić information content (AvgIpc) is 1.93. The van der Waals surface area contributed by atoms with Gasteiger partial charge in [0.1, 0.15) is 11.5 Å². The molecule has 5 nitrogen and oxygen atoms in total. The number of aromatic nitrogens is 2. The van der Waals surface area contributed by atoms with Crippen molar-refractivity contribution in [3.8, 4) is 0 Å². The summed E-state index contributed by atoms with van der Waals surface area (Å²) in [5.41, 5.74) is 10.4. The highest BCUT2D eigenvalue weighted by atomic mass is 16.1. The van der Waals surface area contributed by atoms with E-state index >= 15 is 0 Å². The summed E-state index contributed by atoms with van der Waals surface area (Å²) in [6.07, 6.45) is 1.13. The smallest absolute Gasteiger partial charge is 0.225 e. The van der Waals surface area contributed by atoms with Crippen LogP contribution in [0, 0.1) is 0 Å². The minimum Gasteiger partial charge on any atom is -0.393 e. The third-order valence-corrected chi connectivity index (χ3v) is 1.24. The Labute approximate surface area is 57.3 Å². The van der Waals surface area contributed by atoms with Gasteiger partial charge in [-0.25, -0.2) is 0 Å². The highest BCUT2D eigenvalue weighted by molar-refractivity contribution is 5.56. The number of hydrogen-bond donors (Lipinski definition) is 2. The molecule has 0 aliphatic heterocycles. The van der Waals surface area contributed by atoms with Gasteiger partial charge in [-0.2, -0.15) is 5.10 Å². The van der Waals surface area contributed by atoms with Gasteiger partial charge in [-0.3, -0.25) is 9.48 Å². The molecule has 4 N–H and O–H groups in total. The lowest BCUT2D eigenvalue weighted by Crippen LogP contribution is -2.17. The van der Waals surface area contributed by atoms with Crippen molar-refractivity contribution in [3.63, 3.8) is 0 Å². The average molecular weight is 140 g/mol. The van der Waals surface area contributed by atoms with Crippen LogP contribution in [0.25, 0.3) is 0 Å². The quantitative estimate of drug-likeness (QED) is 0.481. The minimum absolute atomic E-state index is 0.0532. The molecule has 54 valence electrons. The largest absolute Gasteiger partial charge is 0.393 e. The van der Waals surface area contributed by atoms with E-state index in [-0.39, 0.29) is 16.9 Å². The van der Waals surface area contributed by atoms with E-state index in [1.165, 1.54) is 4.68 Å². The molecule has 1 aromatic rings. The van der Waals surface area contributed by atoms with E-state index in [0.29, 0.717) is 0 Å². The van der Waals surface area contributed by atoms with Crippen LogP contribution in [0.3, 0.4) is 0 Å². The van der Waals surface area contributed by atoms with E-state index in [0.717, 1.165) is 6.20 Å². The lowest BCUT2D eigenvalue weighted by atomic mass is 10.4. The fourth-order valence-corrected chi connectivity index (χ4v) is 0.571. The fourth-order valence-electron chi connectivity index (χ4n) is 0.571. The van der Waals surface area contributed by atoms with Gasteiger partial charge < -0.3 is 11.5 Å². The zero-order valence-electron chi connectivity index (χ0n) is 5.53. The second kappa shape index (κ2) is 2.02. The normalized spacial score (nSPS) is 9.70.